The van der Waals surface area contributed by atoms with Crippen LogP contribution in [-0.4, -0.2) is 103 Å². The SMILES string of the molecule is O=C(CN1CCN(C(=O)c2cccc(CN3CCCC3=O)c2)CC1)N1CCOCC1. The Balaban J connectivity index is 1.28. The third kappa shape index (κ3) is 4.99. The molecule has 4 rings (SSSR count). The fourth-order valence-corrected chi connectivity index (χ4v) is 4.29. The van der Waals surface area contributed by atoms with Gasteiger partial charge in [0, 0.05) is 64.3 Å². The van der Waals surface area contributed by atoms with Crippen molar-refractivity contribution in [2.45, 2.75) is 19.4 Å². The van der Waals surface area contributed by atoms with Crippen LogP contribution in [0.15, 0.2) is 24.3 Å². The van der Waals surface area contributed by atoms with Crippen molar-refractivity contribution >= 4 is 17.7 Å². The van der Waals surface area contributed by atoms with E-state index in [-0.39, 0.29) is 17.7 Å². The second kappa shape index (κ2) is 9.57. The predicted octanol–water partition coefficient (Wildman–Crippen LogP) is 0.426. The number of amides is 3. The Morgan fingerprint density at radius 3 is 2.40 bits per heavy atom. The average molecular weight is 415 g/mol. The van der Waals surface area contributed by atoms with Crippen LogP contribution < -0.4 is 0 Å². The molecule has 8 heteroatoms. The first kappa shape index (κ1) is 20.8. The van der Waals surface area contributed by atoms with Gasteiger partial charge in [-0.05, 0) is 24.1 Å². The number of morpholine rings is 1. The fraction of sp³-hybridized carbons (Fsp3) is 0.591. The van der Waals surface area contributed by atoms with Gasteiger partial charge in [0.25, 0.3) is 5.91 Å². The molecule has 0 aromatic heterocycles. The van der Waals surface area contributed by atoms with E-state index in [1.54, 1.807) is 0 Å². The smallest absolute Gasteiger partial charge is 0.253 e. The van der Waals surface area contributed by atoms with Crippen LogP contribution in [-0.2, 0) is 20.9 Å². The number of hydrogen-bond donors (Lipinski definition) is 0. The zero-order chi connectivity index (χ0) is 20.9. The first-order chi connectivity index (χ1) is 14.6. The van der Waals surface area contributed by atoms with Crippen molar-refractivity contribution in [3.8, 4) is 0 Å². The summed E-state index contributed by atoms with van der Waals surface area (Å²) >= 11 is 0. The lowest BCUT2D eigenvalue weighted by atomic mass is 10.1. The van der Waals surface area contributed by atoms with Crippen molar-refractivity contribution in [1.29, 1.82) is 0 Å². The summed E-state index contributed by atoms with van der Waals surface area (Å²) in [6.07, 6.45) is 1.53. The Morgan fingerprint density at radius 2 is 1.70 bits per heavy atom. The van der Waals surface area contributed by atoms with Crippen LogP contribution in [0.1, 0.15) is 28.8 Å². The van der Waals surface area contributed by atoms with E-state index in [1.807, 2.05) is 39.0 Å². The van der Waals surface area contributed by atoms with E-state index in [0.717, 1.165) is 18.5 Å². The Bertz CT molecular complexity index is 785. The first-order valence-electron chi connectivity index (χ1n) is 10.8. The van der Waals surface area contributed by atoms with Crippen LogP contribution in [0.2, 0.25) is 0 Å². The standard InChI is InChI=1S/C22H30N4O4/c27-20-5-2-6-26(20)16-18-3-1-4-19(15-18)22(29)25-9-7-23(8-10-25)17-21(28)24-11-13-30-14-12-24/h1,3-4,15H,2,5-14,16-17H2. The largest absolute Gasteiger partial charge is 0.378 e. The summed E-state index contributed by atoms with van der Waals surface area (Å²) in [6, 6.07) is 7.60. The number of hydrogen-bond acceptors (Lipinski definition) is 5. The Labute approximate surface area is 177 Å². The monoisotopic (exact) mass is 414 g/mol. The molecule has 8 nitrogen and oxygen atoms in total. The van der Waals surface area contributed by atoms with Crippen molar-refractivity contribution in [3.05, 3.63) is 35.4 Å². The van der Waals surface area contributed by atoms with E-state index in [9.17, 15) is 14.4 Å². The van der Waals surface area contributed by atoms with Gasteiger partial charge in [0.2, 0.25) is 11.8 Å². The van der Waals surface area contributed by atoms with Crippen LogP contribution in [0, 0.1) is 0 Å². The first-order valence-corrected chi connectivity index (χ1v) is 10.8. The summed E-state index contributed by atoms with van der Waals surface area (Å²) in [5.74, 6) is 0.348. The lowest BCUT2D eigenvalue weighted by Gasteiger charge is -2.36. The van der Waals surface area contributed by atoms with E-state index >= 15 is 0 Å². The molecule has 0 radical (unpaired) electrons. The average Bonchev–Trinajstić information content (AvgIpc) is 3.19. The Morgan fingerprint density at radius 1 is 0.933 bits per heavy atom. The number of carbonyl (C=O) groups excluding carboxylic acids is 3. The molecule has 0 saturated carbocycles. The van der Waals surface area contributed by atoms with E-state index in [0.29, 0.717) is 77.6 Å². The molecule has 3 fully saturated rings. The van der Waals surface area contributed by atoms with Crippen molar-refractivity contribution in [2.75, 3.05) is 65.6 Å². The van der Waals surface area contributed by atoms with Gasteiger partial charge in [-0.2, -0.15) is 0 Å². The molecular formula is C22H30N4O4. The maximum atomic E-state index is 13.0. The molecule has 0 bridgehead atoms. The zero-order valence-corrected chi connectivity index (χ0v) is 17.4. The van der Waals surface area contributed by atoms with Crippen molar-refractivity contribution in [2.24, 2.45) is 0 Å². The number of likely N-dealkylation sites (tertiary alicyclic amines) is 1. The molecule has 3 saturated heterocycles. The summed E-state index contributed by atoms with van der Waals surface area (Å²) in [6.45, 7) is 6.94. The van der Waals surface area contributed by atoms with Gasteiger partial charge in [-0.1, -0.05) is 12.1 Å². The van der Waals surface area contributed by atoms with Crippen molar-refractivity contribution in [3.63, 3.8) is 0 Å². The number of piperazine rings is 1. The summed E-state index contributed by atoms with van der Waals surface area (Å²) < 4.78 is 5.30. The van der Waals surface area contributed by atoms with Gasteiger partial charge in [0.1, 0.15) is 0 Å². The van der Waals surface area contributed by atoms with E-state index < -0.39 is 0 Å². The molecule has 0 N–H and O–H groups in total. The molecule has 3 aliphatic rings. The molecule has 3 aliphatic heterocycles. The van der Waals surface area contributed by atoms with Crippen LogP contribution in [0.25, 0.3) is 0 Å². The number of carbonyl (C=O) groups is 3. The minimum Gasteiger partial charge on any atom is -0.378 e. The summed E-state index contributed by atoms with van der Waals surface area (Å²) in [7, 11) is 0. The van der Waals surface area contributed by atoms with Crippen molar-refractivity contribution < 1.29 is 19.1 Å². The topological polar surface area (TPSA) is 73.4 Å². The molecular weight excluding hydrogens is 384 g/mol. The molecule has 0 aliphatic carbocycles. The maximum Gasteiger partial charge on any atom is 0.253 e. The number of benzene rings is 1. The highest BCUT2D eigenvalue weighted by Gasteiger charge is 2.26. The Kier molecular flexibility index (Phi) is 6.64. The molecule has 1 aromatic carbocycles. The normalized spacial score (nSPS) is 20.7. The van der Waals surface area contributed by atoms with Gasteiger partial charge in [-0.25, -0.2) is 0 Å². The highest BCUT2D eigenvalue weighted by atomic mass is 16.5. The quantitative estimate of drug-likeness (QED) is 0.699. The molecule has 3 amide bonds. The fourth-order valence-electron chi connectivity index (χ4n) is 4.29. The second-order valence-electron chi connectivity index (χ2n) is 8.18. The molecule has 3 heterocycles. The number of nitrogens with zero attached hydrogens (tertiary/aromatic N) is 4. The van der Waals surface area contributed by atoms with Crippen LogP contribution in [0.4, 0.5) is 0 Å². The molecule has 1 aromatic rings. The number of rotatable bonds is 5. The highest BCUT2D eigenvalue weighted by molar-refractivity contribution is 5.94. The lowest BCUT2D eigenvalue weighted by molar-refractivity contribution is -0.136. The summed E-state index contributed by atoms with van der Waals surface area (Å²) in [5.41, 5.74) is 1.66. The summed E-state index contributed by atoms with van der Waals surface area (Å²) in [4.78, 5) is 45.0. The van der Waals surface area contributed by atoms with Gasteiger partial charge in [-0.3, -0.25) is 19.3 Å². The predicted molar refractivity (Wildman–Crippen MR) is 111 cm³/mol. The molecule has 0 spiro atoms. The lowest BCUT2D eigenvalue weighted by Crippen LogP contribution is -2.52. The minimum atomic E-state index is 0.0174. The number of ether oxygens (including phenoxy) is 1. The highest BCUT2D eigenvalue weighted by Crippen LogP contribution is 2.17. The van der Waals surface area contributed by atoms with Crippen LogP contribution in [0.3, 0.4) is 0 Å². The second-order valence-corrected chi connectivity index (χ2v) is 8.18. The maximum absolute atomic E-state index is 13.0. The molecule has 30 heavy (non-hydrogen) atoms. The van der Waals surface area contributed by atoms with Crippen LogP contribution in [0.5, 0.6) is 0 Å². The van der Waals surface area contributed by atoms with Gasteiger partial charge in [-0.15, -0.1) is 0 Å². The molecule has 0 unspecified atom stereocenters. The van der Waals surface area contributed by atoms with Gasteiger partial charge < -0.3 is 19.4 Å². The van der Waals surface area contributed by atoms with E-state index in [1.165, 1.54) is 0 Å². The third-order valence-corrected chi connectivity index (χ3v) is 6.10. The Hall–Kier alpha value is -2.45. The molecule has 0 atom stereocenters. The van der Waals surface area contributed by atoms with Gasteiger partial charge in [0.15, 0.2) is 0 Å². The van der Waals surface area contributed by atoms with Gasteiger partial charge >= 0.3 is 0 Å². The van der Waals surface area contributed by atoms with E-state index in [2.05, 4.69) is 4.90 Å². The van der Waals surface area contributed by atoms with Crippen molar-refractivity contribution in [1.82, 2.24) is 19.6 Å². The van der Waals surface area contributed by atoms with Gasteiger partial charge in [0.05, 0.1) is 19.8 Å². The third-order valence-electron chi connectivity index (χ3n) is 6.10. The summed E-state index contributed by atoms with van der Waals surface area (Å²) in [5, 5.41) is 0. The molecule has 162 valence electrons. The van der Waals surface area contributed by atoms with Crippen LogP contribution >= 0.6 is 0 Å². The zero-order valence-electron chi connectivity index (χ0n) is 17.4. The van der Waals surface area contributed by atoms with E-state index in [4.69, 9.17) is 4.74 Å². The minimum absolute atomic E-state index is 0.0174.